The third-order valence-electron chi connectivity index (χ3n) is 6.79. The van der Waals surface area contributed by atoms with Gasteiger partial charge in [0.2, 0.25) is 0 Å². The van der Waals surface area contributed by atoms with E-state index in [0.29, 0.717) is 17.7 Å². The second kappa shape index (κ2) is 10.4. The van der Waals surface area contributed by atoms with Crippen molar-refractivity contribution in [2.75, 3.05) is 13.1 Å². The molecule has 0 saturated carbocycles. The second-order valence-electron chi connectivity index (χ2n) is 9.35. The number of rotatable bonds is 7. The summed E-state index contributed by atoms with van der Waals surface area (Å²) in [5, 5.41) is 10.9. The van der Waals surface area contributed by atoms with Crippen LogP contribution in [0.1, 0.15) is 11.1 Å². The molecule has 0 spiro atoms. The van der Waals surface area contributed by atoms with Crippen molar-refractivity contribution in [2.45, 2.75) is 38.6 Å². The molecule has 0 unspecified atom stereocenters. The van der Waals surface area contributed by atoms with Crippen LogP contribution in [0, 0.1) is 5.82 Å². The maximum atomic E-state index is 13.4. The molecule has 1 aliphatic heterocycles. The first-order chi connectivity index (χ1) is 17.8. The van der Waals surface area contributed by atoms with E-state index >= 15 is 0 Å². The van der Waals surface area contributed by atoms with Crippen LogP contribution in [-0.4, -0.2) is 44.8 Å². The number of aliphatic hydroxyl groups excluding tert-OH is 1. The topological polar surface area (TPSA) is 67.5 Å². The fraction of sp³-hybridized carbons (Fsp3) is 0.286. The van der Waals surface area contributed by atoms with Crippen molar-refractivity contribution in [3.63, 3.8) is 0 Å². The van der Waals surface area contributed by atoms with Gasteiger partial charge in [-0.2, -0.15) is 0 Å². The molecule has 1 aliphatic rings. The summed E-state index contributed by atoms with van der Waals surface area (Å²) in [4.78, 5) is 28.6. The van der Waals surface area contributed by atoms with Gasteiger partial charge in [0.15, 0.2) is 0 Å². The minimum atomic E-state index is -2.82. The Morgan fingerprint density at radius 2 is 1.54 bits per heavy atom. The molecule has 3 aromatic carbocycles. The zero-order valence-electron chi connectivity index (χ0n) is 20.0. The monoisotopic (exact) mass is 509 g/mol. The summed E-state index contributed by atoms with van der Waals surface area (Å²) in [7, 11) is 0. The average molecular weight is 510 g/mol. The maximum Gasteiger partial charge on any atom is 0.331 e. The smallest absolute Gasteiger partial charge is 0.331 e. The Labute approximate surface area is 210 Å². The van der Waals surface area contributed by atoms with Gasteiger partial charge in [-0.05, 0) is 52.9 Å². The molecule has 37 heavy (non-hydrogen) atoms. The van der Waals surface area contributed by atoms with Crippen LogP contribution in [-0.2, 0) is 26.1 Å². The van der Waals surface area contributed by atoms with Gasteiger partial charge < -0.3 is 5.11 Å². The van der Waals surface area contributed by atoms with Crippen LogP contribution in [0.25, 0.3) is 22.0 Å². The van der Waals surface area contributed by atoms with Gasteiger partial charge in [0, 0.05) is 19.6 Å². The van der Waals surface area contributed by atoms with Crippen molar-refractivity contribution in [1.82, 2.24) is 14.0 Å². The third-order valence-corrected chi connectivity index (χ3v) is 6.79. The number of alkyl halides is 2. The van der Waals surface area contributed by atoms with E-state index in [1.54, 1.807) is 18.2 Å². The van der Waals surface area contributed by atoms with Crippen LogP contribution >= 0.6 is 0 Å². The molecule has 4 aromatic rings. The summed E-state index contributed by atoms with van der Waals surface area (Å²) in [6.45, 7) is 0.372. The summed E-state index contributed by atoms with van der Waals surface area (Å²) >= 11 is 0. The molecule has 192 valence electrons. The van der Waals surface area contributed by atoms with Crippen molar-refractivity contribution in [3.8, 4) is 11.1 Å². The van der Waals surface area contributed by atoms with E-state index < -0.39 is 36.1 Å². The standard InChI is InChI=1S/C28H26F3N3O3/c29-22-8-5-19(6-9-22)20-7-10-25-24(13-20)27(36)34(28(37)33(25)17-26(30)31)16-23(35)15-32-12-11-18-3-1-2-4-21(18)14-32/h1-10,13,23,26,35H,11-12,14-17H2/t23-/m1/s1. The van der Waals surface area contributed by atoms with Crippen LogP contribution in [0.5, 0.6) is 0 Å². The van der Waals surface area contributed by atoms with Gasteiger partial charge in [0.1, 0.15) is 5.82 Å². The Balaban J connectivity index is 1.48. The summed E-state index contributed by atoms with van der Waals surface area (Å²) < 4.78 is 41.9. The van der Waals surface area contributed by atoms with Crippen molar-refractivity contribution < 1.29 is 18.3 Å². The molecule has 1 atom stereocenters. The number of β-amino-alcohol motifs (C(OH)–C–C–N with tert-alkyl or cyclic N) is 1. The highest BCUT2D eigenvalue weighted by Crippen LogP contribution is 2.23. The van der Waals surface area contributed by atoms with Gasteiger partial charge in [0.05, 0.1) is 30.1 Å². The number of nitrogens with zero attached hydrogens (tertiary/aromatic N) is 3. The number of aromatic nitrogens is 2. The second-order valence-corrected chi connectivity index (χ2v) is 9.35. The van der Waals surface area contributed by atoms with E-state index in [4.69, 9.17) is 0 Å². The lowest BCUT2D eigenvalue weighted by Crippen LogP contribution is -2.45. The van der Waals surface area contributed by atoms with E-state index in [-0.39, 0.29) is 24.0 Å². The zero-order valence-corrected chi connectivity index (χ0v) is 20.0. The van der Waals surface area contributed by atoms with Gasteiger partial charge in [-0.15, -0.1) is 0 Å². The Bertz CT molecular complexity index is 1550. The third kappa shape index (κ3) is 5.23. The van der Waals surface area contributed by atoms with E-state index in [2.05, 4.69) is 6.07 Å². The van der Waals surface area contributed by atoms with Crippen molar-refractivity contribution in [2.24, 2.45) is 0 Å². The molecule has 0 fully saturated rings. The molecule has 0 radical (unpaired) electrons. The Hall–Kier alpha value is -3.69. The number of halogens is 3. The highest BCUT2D eigenvalue weighted by Gasteiger charge is 2.22. The fourth-order valence-corrected chi connectivity index (χ4v) is 5.00. The molecule has 0 saturated heterocycles. The van der Waals surface area contributed by atoms with Crippen LogP contribution in [0.15, 0.2) is 76.3 Å². The summed E-state index contributed by atoms with van der Waals surface area (Å²) in [6, 6.07) is 18.3. The van der Waals surface area contributed by atoms with Crippen molar-refractivity contribution in [3.05, 3.63) is 105 Å². The molecule has 0 amide bonds. The first kappa shape index (κ1) is 25.0. The molecule has 0 aliphatic carbocycles. The molecule has 6 nitrogen and oxygen atoms in total. The Morgan fingerprint density at radius 3 is 2.27 bits per heavy atom. The highest BCUT2D eigenvalue weighted by atomic mass is 19.3. The lowest BCUT2D eigenvalue weighted by Gasteiger charge is -2.30. The van der Waals surface area contributed by atoms with Gasteiger partial charge in [-0.25, -0.2) is 18.0 Å². The van der Waals surface area contributed by atoms with E-state index in [1.807, 2.05) is 23.1 Å². The molecular weight excluding hydrogens is 483 g/mol. The summed E-state index contributed by atoms with van der Waals surface area (Å²) in [5.41, 5.74) is 2.15. The van der Waals surface area contributed by atoms with E-state index in [1.165, 1.54) is 29.8 Å². The lowest BCUT2D eigenvalue weighted by atomic mass is 10.00. The first-order valence-corrected chi connectivity index (χ1v) is 12.1. The summed E-state index contributed by atoms with van der Waals surface area (Å²) in [6.07, 6.45) is -3.05. The van der Waals surface area contributed by atoms with Gasteiger partial charge in [-0.1, -0.05) is 42.5 Å². The molecule has 1 aromatic heterocycles. The van der Waals surface area contributed by atoms with Crippen LogP contribution in [0.2, 0.25) is 0 Å². The number of aliphatic hydroxyl groups is 1. The van der Waals surface area contributed by atoms with Crippen LogP contribution in [0.3, 0.4) is 0 Å². The molecule has 9 heteroatoms. The molecule has 0 bridgehead atoms. The van der Waals surface area contributed by atoms with Crippen LogP contribution < -0.4 is 11.2 Å². The molecular formula is C28H26F3N3O3. The number of hydrogen-bond donors (Lipinski definition) is 1. The van der Waals surface area contributed by atoms with E-state index in [0.717, 1.165) is 27.7 Å². The van der Waals surface area contributed by atoms with Crippen molar-refractivity contribution in [1.29, 1.82) is 0 Å². The fourth-order valence-electron chi connectivity index (χ4n) is 5.00. The quantitative estimate of drug-likeness (QED) is 0.413. The number of benzene rings is 3. The molecule has 1 N–H and O–H groups in total. The zero-order chi connectivity index (χ0) is 26.1. The largest absolute Gasteiger partial charge is 0.390 e. The molecule has 2 heterocycles. The van der Waals surface area contributed by atoms with E-state index in [9.17, 15) is 27.9 Å². The normalized spacial score (nSPS) is 14.7. The lowest BCUT2D eigenvalue weighted by molar-refractivity contribution is 0.0887. The number of hydrogen-bond acceptors (Lipinski definition) is 4. The Morgan fingerprint density at radius 1 is 0.838 bits per heavy atom. The van der Waals surface area contributed by atoms with Crippen molar-refractivity contribution >= 4 is 10.9 Å². The predicted octanol–water partition coefficient (Wildman–Crippen LogP) is 3.65. The predicted molar refractivity (Wildman–Crippen MR) is 135 cm³/mol. The minimum absolute atomic E-state index is 0.0705. The minimum Gasteiger partial charge on any atom is -0.390 e. The Kier molecular flexibility index (Phi) is 6.99. The van der Waals surface area contributed by atoms with Crippen LogP contribution in [0.4, 0.5) is 13.2 Å². The SMILES string of the molecule is O=c1c2cc(-c3ccc(F)cc3)ccc2n(CC(F)F)c(=O)n1C[C@H](O)CN1CCc2ccccc2C1. The van der Waals surface area contributed by atoms with Gasteiger partial charge >= 0.3 is 5.69 Å². The molecule has 5 rings (SSSR count). The van der Waals surface area contributed by atoms with Gasteiger partial charge in [-0.3, -0.25) is 18.8 Å². The van der Waals surface area contributed by atoms with Gasteiger partial charge in [0.25, 0.3) is 12.0 Å². The first-order valence-electron chi connectivity index (χ1n) is 12.1. The summed E-state index contributed by atoms with van der Waals surface area (Å²) in [5.74, 6) is -0.413. The number of fused-ring (bicyclic) bond motifs is 2. The average Bonchev–Trinajstić information content (AvgIpc) is 2.89. The maximum absolute atomic E-state index is 13.4. The highest BCUT2D eigenvalue weighted by molar-refractivity contribution is 5.84.